The van der Waals surface area contributed by atoms with Crippen LogP contribution in [0.1, 0.15) is 18.9 Å². The Morgan fingerprint density at radius 3 is 2.22 bits per heavy atom. The molecule has 0 aliphatic carbocycles. The number of aldehydes is 1. The van der Waals surface area contributed by atoms with Gasteiger partial charge in [-0.2, -0.15) is 13.2 Å². The third kappa shape index (κ3) is 10.7. The van der Waals surface area contributed by atoms with E-state index >= 15 is 0 Å². The Morgan fingerprint density at radius 1 is 1.30 bits per heavy atom. The lowest BCUT2D eigenvalue weighted by Crippen LogP contribution is -2.40. The van der Waals surface area contributed by atoms with Crippen LogP contribution < -0.4 is 5.32 Å². The first-order valence-corrected chi connectivity index (χ1v) is 6.42. The van der Waals surface area contributed by atoms with Crippen molar-refractivity contribution in [3.8, 4) is 0 Å². The Labute approximate surface area is 130 Å². The first-order chi connectivity index (χ1) is 10.7. The number of alkyl halides is 3. The topological polar surface area (TPSA) is 92.7 Å². The quantitative estimate of drug-likeness (QED) is 0.807. The van der Waals surface area contributed by atoms with E-state index in [0.29, 0.717) is 6.42 Å². The molecule has 1 rings (SSSR count). The summed E-state index contributed by atoms with van der Waals surface area (Å²) >= 11 is 0. The van der Waals surface area contributed by atoms with Gasteiger partial charge >= 0.3 is 18.2 Å². The van der Waals surface area contributed by atoms with Crippen LogP contribution in [0.4, 0.5) is 18.0 Å². The molecule has 9 heteroatoms. The van der Waals surface area contributed by atoms with Crippen LogP contribution in [0.5, 0.6) is 0 Å². The van der Waals surface area contributed by atoms with E-state index in [-0.39, 0.29) is 6.61 Å². The van der Waals surface area contributed by atoms with E-state index in [1.54, 1.807) is 6.92 Å². The van der Waals surface area contributed by atoms with Crippen molar-refractivity contribution in [3.63, 3.8) is 0 Å². The zero-order valence-corrected chi connectivity index (χ0v) is 12.2. The number of rotatable bonds is 5. The predicted octanol–water partition coefficient (Wildman–Crippen LogP) is 2.52. The van der Waals surface area contributed by atoms with E-state index in [4.69, 9.17) is 14.6 Å². The summed E-state index contributed by atoms with van der Waals surface area (Å²) in [6.45, 7) is 1.80. The SMILES string of the molecule is CC[C@H](NC(=O)OCc1ccccc1)C(=O)O.O=CC(F)(F)F. The molecule has 0 saturated carbocycles. The number of hydrogen-bond donors (Lipinski definition) is 2. The molecular weight excluding hydrogens is 319 g/mol. The van der Waals surface area contributed by atoms with Crippen LogP contribution in [-0.2, 0) is 20.9 Å². The molecule has 1 atom stereocenters. The zero-order chi connectivity index (χ0) is 17.9. The average Bonchev–Trinajstić information content (AvgIpc) is 2.51. The van der Waals surface area contributed by atoms with Gasteiger partial charge in [-0.15, -0.1) is 0 Å². The molecule has 128 valence electrons. The molecule has 0 unspecified atom stereocenters. The van der Waals surface area contributed by atoms with Gasteiger partial charge in [-0.05, 0) is 12.0 Å². The van der Waals surface area contributed by atoms with Crippen LogP contribution in [0.15, 0.2) is 30.3 Å². The number of carbonyl (C=O) groups excluding carboxylic acids is 2. The fourth-order valence-corrected chi connectivity index (χ4v) is 1.25. The van der Waals surface area contributed by atoms with Crippen molar-refractivity contribution in [2.45, 2.75) is 32.2 Å². The lowest BCUT2D eigenvalue weighted by molar-refractivity contribution is -0.156. The molecule has 0 heterocycles. The summed E-state index contributed by atoms with van der Waals surface area (Å²) in [6.07, 6.45) is -6.11. The van der Waals surface area contributed by atoms with Gasteiger partial charge < -0.3 is 15.2 Å². The molecule has 0 aliphatic heterocycles. The van der Waals surface area contributed by atoms with Gasteiger partial charge in [-0.1, -0.05) is 37.3 Å². The summed E-state index contributed by atoms with van der Waals surface area (Å²) < 4.78 is 36.1. The highest BCUT2D eigenvalue weighted by atomic mass is 19.4. The van der Waals surface area contributed by atoms with E-state index in [1.165, 1.54) is 0 Å². The van der Waals surface area contributed by atoms with E-state index in [1.807, 2.05) is 30.3 Å². The van der Waals surface area contributed by atoms with Crippen molar-refractivity contribution in [2.75, 3.05) is 0 Å². The Kier molecular flexibility index (Phi) is 9.05. The molecule has 6 nitrogen and oxygen atoms in total. The molecule has 2 N–H and O–H groups in total. The van der Waals surface area contributed by atoms with Crippen molar-refractivity contribution < 1.29 is 37.4 Å². The maximum atomic E-state index is 11.3. The van der Waals surface area contributed by atoms with Gasteiger partial charge in [0.15, 0.2) is 0 Å². The van der Waals surface area contributed by atoms with Gasteiger partial charge in [-0.25, -0.2) is 9.59 Å². The number of carboxylic acid groups (broad SMARTS) is 1. The normalized spacial score (nSPS) is 11.5. The number of aliphatic carboxylic acids is 1. The second kappa shape index (κ2) is 10.2. The fourth-order valence-electron chi connectivity index (χ4n) is 1.25. The summed E-state index contributed by atoms with van der Waals surface area (Å²) in [7, 11) is 0. The van der Waals surface area contributed by atoms with Crippen LogP contribution in [0, 0.1) is 0 Å². The van der Waals surface area contributed by atoms with E-state index in [9.17, 15) is 22.8 Å². The van der Waals surface area contributed by atoms with Crippen molar-refractivity contribution in [2.24, 2.45) is 0 Å². The average molecular weight is 335 g/mol. The van der Waals surface area contributed by atoms with Crippen LogP contribution in [0.25, 0.3) is 0 Å². The minimum absolute atomic E-state index is 0.128. The number of halogens is 3. The van der Waals surface area contributed by atoms with Gasteiger partial charge in [-0.3, -0.25) is 4.79 Å². The van der Waals surface area contributed by atoms with Gasteiger partial charge in [0.25, 0.3) is 0 Å². The zero-order valence-electron chi connectivity index (χ0n) is 12.2. The number of ether oxygens (including phenoxy) is 1. The Bertz CT molecular complexity index is 505. The number of hydrogen-bond acceptors (Lipinski definition) is 4. The molecule has 23 heavy (non-hydrogen) atoms. The number of carbonyl (C=O) groups is 3. The number of nitrogens with one attached hydrogen (secondary N) is 1. The molecule has 0 bridgehead atoms. The first-order valence-electron chi connectivity index (χ1n) is 6.42. The van der Waals surface area contributed by atoms with Crippen molar-refractivity contribution in [1.82, 2.24) is 5.32 Å². The maximum Gasteiger partial charge on any atom is 0.446 e. The highest BCUT2D eigenvalue weighted by molar-refractivity contribution is 5.79. The molecule has 1 aromatic rings. The highest BCUT2D eigenvalue weighted by Crippen LogP contribution is 2.08. The summed E-state index contributed by atoms with van der Waals surface area (Å²) in [5.41, 5.74) is 0.853. The Balaban J connectivity index is 0.000000688. The third-order valence-electron chi connectivity index (χ3n) is 2.34. The summed E-state index contributed by atoms with van der Waals surface area (Å²) in [5, 5.41) is 11.0. The summed E-state index contributed by atoms with van der Waals surface area (Å²) in [5.74, 6) is -1.07. The van der Waals surface area contributed by atoms with Gasteiger partial charge in [0.1, 0.15) is 12.6 Å². The van der Waals surface area contributed by atoms with E-state index in [2.05, 4.69) is 5.32 Å². The molecule has 0 aromatic heterocycles. The third-order valence-corrected chi connectivity index (χ3v) is 2.34. The Morgan fingerprint density at radius 2 is 1.83 bits per heavy atom. The fraction of sp³-hybridized carbons (Fsp3) is 0.357. The molecule has 1 amide bonds. The standard InChI is InChI=1S/C12H15NO4.C2HF3O/c1-2-10(11(14)15)13-12(16)17-8-9-6-4-3-5-7-9;3-2(4,5)1-6/h3-7,10H,2,8H2,1H3,(H,13,16)(H,14,15);1H/t10-;/m0./s1. The number of alkyl carbamates (subject to hydrolysis) is 1. The molecule has 0 fully saturated rings. The molecule has 0 aliphatic rings. The predicted molar refractivity (Wildman–Crippen MR) is 73.6 cm³/mol. The minimum Gasteiger partial charge on any atom is -0.480 e. The van der Waals surface area contributed by atoms with E-state index in [0.717, 1.165) is 5.56 Å². The lowest BCUT2D eigenvalue weighted by atomic mass is 10.2. The van der Waals surface area contributed by atoms with Crippen LogP contribution in [0.2, 0.25) is 0 Å². The highest BCUT2D eigenvalue weighted by Gasteiger charge is 2.24. The van der Waals surface area contributed by atoms with Crippen molar-refractivity contribution >= 4 is 18.3 Å². The van der Waals surface area contributed by atoms with Crippen molar-refractivity contribution in [3.05, 3.63) is 35.9 Å². The molecule has 0 saturated heterocycles. The number of carboxylic acids is 1. The molecule has 0 spiro atoms. The summed E-state index contributed by atoms with van der Waals surface area (Å²) in [6, 6.07) is 8.27. The van der Waals surface area contributed by atoms with Crippen LogP contribution in [0.3, 0.4) is 0 Å². The molecule has 1 aromatic carbocycles. The van der Waals surface area contributed by atoms with E-state index < -0.39 is 30.6 Å². The minimum atomic E-state index is -4.64. The Hall–Kier alpha value is -2.58. The summed E-state index contributed by atoms with van der Waals surface area (Å²) in [4.78, 5) is 30.7. The second-order valence-corrected chi connectivity index (χ2v) is 4.16. The second-order valence-electron chi connectivity index (χ2n) is 4.16. The first kappa shape index (κ1) is 20.4. The smallest absolute Gasteiger partial charge is 0.446 e. The van der Waals surface area contributed by atoms with Crippen LogP contribution >= 0.6 is 0 Å². The molecule has 0 radical (unpaired) electrons. The maximum absolute atomic E-state index is 11.3. The number of benzene rings is 1. The number of amides is 1. The monoisotopic (exact) mass is 335 g/mol. The molecular formula is C14H16F3NO5. The lowest BCUT2D eigenvalue weighted by Gasteiger charge is -2.12. The largest absolute Gasteiger partial charge is 0.480 e. The van der Waals surface area contributed by atoms with Crippen LogP contribution in [-0.4, -0.2) is 35.7 Å². The van der Waals surface area contributed by atoms with Gasteiger partial charge in [0.2, 0.25) is 6.29 Å². The van der Waals surface area contributed by atoms with Gasteiger partial charge in [0.05, 0.1) is 0 Å². The van der Waals surface area contributed by atoms with Gasteiger partial charge in [0, 0.05) is 0 Å². The van der Waals surface area contributed by atoms with Crippen molar-refractivity contribution in [1.29, 1.82) is 0 Å².